The molecule has 11 heteroatoms. The maximum atomic E-state index is 9.40. The molecule has 0 radical (unpaired) electrons. The molecular formula is C7H18NO9P. The Kier molecular flexibility index (Phi) is 7.40. The van der Waals surface area contributed by atoms with Crippen LogP contribution in [0.5, 0.6) is 0 Å². The van der Waals surface area contributed by atoms with E-state index in [0.717, 1.165) is 0 Å². The Morgan fingerprint density at radius 1 is 1.28 bits per heavy atom. The number of hydrogen-bond donors (Lipinski definition) is 7. The van der Waals surface area contributed by atoms with Gasteiger partial charge in [0.2, 0.25) is 0 Å². The predicted molar refractivity (Wildman–Crippen MR) is 57.0 cm³/mol. The molecular weight excluding hydrogens is 273 g/mol. The van der Waals surface area contributed by atoms with E-state index in [2.05, 4.69) is 0 Å². The van der Waals surface area contributed by atoms with Crippen LogP contribution in [-0.2, 0) is 14.0 Å². The highest BCUT2D eigenvalue weighted by Gasteiger charge is 2.42. The van der Waals surface area contributed by atoms with Crippen molar-refractivity contribution in [3.63, 3.8) is 0 Å². The summed E-state index contributed by atoms with van der Waals surface area (Å²) in [5.74, 6) is 0. The van der Waals surface area contributed by atoms with Crippen molar-refractivity contribution in [2.24, 2.45) is 5.73 Å². The monoisotopic (exact) mass is 291 g/mol. The quantitative estimate of drug-likeness (QED) is 0.251. The van der Waals surface area contributed by atoms with Crippen molar-refractivity contribution in [2.75, 3.05) is 13.7 Å². The van der Waals surface area contributed by atoms with Gasteiger partial charge in [-0.25, -0.2) is 4.57 Å². The minimum absolute atomic E-state index is 0.384. The molecule has 0 aromatic heterocycles. The molecule has 1 unspecified atom stereocenters. The van der Waals surface area contributed by atoms with E-state index in [4.69, 9.17) is 39.6 Å². The molecule has 0 aromatic rings. The summed E-state index contributed by atoms with van der Waals surface area (Å²) in [4.78, 5) is 21.6. The van der Waals surface area contributed by atoms with E-state index >= 15 is 0 Å². The molecule has 0 aromatic carbocycles. The molecule has 110 valence electrons. The van der Waals surface area contributed by atoms with Gasteiger partial charge in [0, 0.05) is 7.11 Å². The Morgan fingerprint density at radius 2 is 1.72 bits per heavy atom. The number of phosphoric acid groups is 1. The van der Waals surface area contributed by atoms with Gasteiger partial charge in [-0.15, -0.1) is 0 Å². The fraction of sp³-hybridized carbons (Fsp3) is 1.00. The van der Waals surface area contributed by atoms with Crippen molar-refractivity contribution in [3.8, 4) is 0 Å². The fourth-order valence-corrected chi connectivity index (χ4v) is 1.32. The fourth-order valence-electron chi connectivity index (χ4n) is 1.32. The van der Waals surface area contributed by atoms with Crippen LogP contribution in [-0.4, -0.2) is 74.4 Å². The molecule has 5 atom stereocenters. The zero-order chi connectivity index (χ0) is 14.5. The summed E-state index contributed by atoms with van der Waals surface area (Å²) in [5, 5.41) is 27.5. The SMILES string of the molecule is COC1O[C@H](CO)[C@@H](O)[C@H](O)[C@H]1N.O=P(O)(O)O. The van der Waals surface area contributed by atoms with Gasteiger partial charge in [-0.1, -0.05) is 0 Å². The van der Waals surface area contributed by atoms with Crippen LogP contribution in [0.3, 0.4) is 0 Å². The summed E-state index contributed by atoms with van der Waals surface area (Å²) in [7, 11) is -3.26. The third kappa shape index (κ3) is 6.16. The Morgan fingerprint density at radius 3 is 2.06 bits per heavy atom. The first-order valence-corrected chi connectivity index (χ1v) is 6.37. The molecule has 0 saturated carbocycles. The number of rotatable bonds is 2. The summed E-state index contributed by atoms with van der Waals surface area (Å²) in [6.45, 7) is -0.384. The van der Waals surface area contributed by atoms with Gasteiger partial charge < -0.3 is 45.2 Å². The average molecular weight is 291 g/mol. The van der Waals surface area contributed by atoms with Crippen LogP contribution in [0.15, 0.2) is 0 Å². The smallest absolute Gasteiger partial charge is 0.394 e. The van der Waals surface area contributed by atoms with Crippen LogP contribution in [0.25, 0.3) is 0 Å². The third-order valence-corrected chi connectivity index (χ3v) is 2.16. The van der Waals surface area contributed by atoms with E-state index in [1.807, 2.05) is 0 Å². The number of aliphatic hydroxyl groups excluding tert-OH is 3. The Labute approximate surface area is 103 Å². The first-order valence-electron chi connectivity index (χ1n) is 4.81. The topological polar surface area (TPSA) is 183 Å². The lowest BCUT2D eigenvalue weighted by molar-refractivity contribution is -0.257. The second-order valence-electron chi connectivity index (χ2n) is 3.53. The maximum Gasteiger partial charge on any atom is 0.466 e. The first kappa shape index (κ1) is 17.9. The lowest BCUT2D eigenvalue weighted by atomic mass is 9.98. The molecule has 0 bridgehead atoms. The summed E-state index contributed by atoms with van der Waals surface area (Å²) in [6.07, 6.45) is -3.96. The van der Waals surface area contributed by atoms with Gasteiger partial charge in [-0.3, -0.25) is 0 Å². The first-order chi connectivity index (χ1) is 8.11. The van der Waals surface area contributed by atoms with Crippen molar-refractivity contribution >= 4 is 7.82 Å². The van der Waals surface area contributed by atoms with Gasteiger partial charge in [-0.2, -0.15) is 0 Å². The van der Waals surface area contributed by atoms with Crippen molar-refractivity contribution in [1.82, 2.24) is 0 Å². The van der Waals surface area contributed by atoms with Gasteiger partial charge in [0.25, 0.3) is 0 Å². The Hall–Kier alpha value is -0.130. The highest BCUT2D eigenvalue weighted by Crippen LogP contribution is 2.25. The number of nitrogens with two attached hydrogens (primary N) is 1. The molecule has 10 nitrogen and oxygen atoms in total. The molecule has 0 spiro atoms. The normalized spacial score (nSPS) is 36.8. The van der Waals surface area contributed by atoms with Crippen LogP contribution in [0.2, 0.25) is 0 Å². The van der Waals surface area contributed by atoms with E-state index < -0.39 is 38.5 Å². The zero-order valence-electron chi connectivity index (χ0n) is 9.53. The van der Waals surface area contributed by atoms with E-state index in [-0.39, 0.29) is 6.61 Å². The van der Waals surface area contributed by atoms with Crippen molar-refractivity contribution < 1.29 is 44.0 Å². The van der Waals surface area contributed by atoms with Crippen molar-refractivity contribution in [2.45, 2.75) is 30.6 Å². The van der Waals surface area contributed by atoms with E-state index in [0.29, 0.717) is 0 Å². The molecule has 1 heterocycles. The van der Waals surface area contributed by atoms with Gasteiger partial charge >= 0.3 is 7.82 Å². The Bertz CT molecular complexity index is 256. The number of aliphatic hydroxyl groups is 3. The van der Waals surface area contributed by atoms with E-state index in [1.165, 1.54) is 7.11 Å². The minimum atomic E-state index is -4.64. The molecule has 1 aliphatic heterocycles. The summed E-state index contributed by atoms with van der Waals surface area (Å²) in [5.41, 5.74) is 5.50. The number of ether oxygens (including phenoxy) is 2. The molecule has 8 N–H and O–H groups in total. The molecule has 1 rings (SSSR count). The van der Waals surface area contributed by atoms with Crippen molar-refractivity contribution in [3.05, 3.63) is 0 Å². The lowest BCUT2D eigenvalue weighted by Gasteiger charge is -2.39. The third-order valence-electron chi connectivity index (χ3n) is 2.16. The van der Waals surface area contributed by atoms with Crippen molar-refractivity contribution in [1.29, 1.82) is 0 Å². The Balaban J connectivity index is 0.000000494. The van der Waals surface area contributed by atoms with Crippen LogP contribution in [0.4, 0.5) is 0 Å². The van der Waals surface area contributed by atoms with Crippen LogP contribution in [0.1, 0.15) is 0 Å². The van der Waals surface area contributed by atoms with E-state index in [9.17, 15) is 10.2 Å². The number of methoxy groups -OCH3 is 1. The number of hydrogen-bond acceptors (Lipinski definition) is 7. The summed E-state index contributed by atoms with van der Waals surface area (Å²) in [6, 6.07) is -0.803. The van der Waals surface area contributed by atoms with E-state index in [1.54, 1.807) is 0 Å². The molecule has 1 aliphatic rings. The summed E-state index contributed by atoms with van der Waals surface area (Å²) < 4.78 is 18.8. The van der Waals surface area contributed by atoms with Gasteiger partial charge in [0.1, 0.15) is 18.3 Å². The second kappa shape index (κ2) is 7.46. The molecule has 18 heavy (non-hydrogen) atoms. The molecule has 1 fully saturated rings. The predicted octanol–water partition coefficient (Wildman–Crippen LogP) is -3.53. The van der Waals surface area contributed by atoms with Crippen LogP contribution < -0.4 is 5.73 Å². The van der Waals surface area contributed by atoms with Gasteiger partial charge in [0.05, 0.1) is 12.6 Å². The lowest BCUT2D eigenvalue weighted by Crippen LogP contribution is -2.62. The molecule has 1 saturated heterocycles. The van der Waals surface area contributed by atoms with Gasteiger partial charge in [-0.05, 0) is 0 Å². The van der Waals surface area contributed by atoms with Gasteiger partial charge in [0.15, 0.2) is 6.29 Å². The highest BCUT2D eigenvalue weighted by molar-refractivity contribution is 7.45. The molecule has 0 aliphatic carbocycles. The average Bonchev–Trinajstić information content (AvgIpc) is 2.24. The molecule has 0 amide bonds. The van der Waals surface area contributed by atoms with Crippen LogP contribution >= 0.6 is 7.82 Å². The minimum Gasteiger partial charge on any atom is -0.394 e. The van der Waals surface area contributed by atoms with Crippen LogP contribution in [0, 0.1) is 0 Å². The highest BCUT2D eigenvalue weighted by atomic mass is 31.2. The summed E-state index contributed by atoms with van der Waals surface area (Å²) >= 11 is 0. The second-order valence-corrected chi connectivity index (χ2v) is 4.56. The standard InChI is InChI=1S/C7H15NO5.H3O4P/c1-12-7-4(8)6(11)5(10)3(2-9)13-7;1-5(2,3)4/h3-7,9-11H,2,8H2,1H3;(H3,1,2,3,4)/t3-,4-,5-,6-,7?;/m1./s1. The largest absolute Gasteiger partial charge is 0.466 e. The zero-order valence-corrected chi connectivity index (χ0v) is 10.4. The maximum absolute atomic E-state index is 9.40.